The van der Waals surface area contributed by atoms with Gasteiger partial charge in [0.1, 0.15) is 12.7 Å². The predicted molar refractivity (Wildman–Crippen MR) is 116 cm³/mol. The lowest BCUT2D eigenvalue weighted by Crippen LogP contribution is -2.58. The molecule has 1 aliphatic heterocycles. The van der Waals surface area contributed by atoms with E-state index < -0.39 is 0 Å². The van der Waals surface area contributed by atoms with Crippen LogP contribution in [0.3, 0.4) is 0 Å². The number of nitrogens with zero attached hydrogens (tertiary/aromatic N) is 6. The van der Waals surface area contributed by atoms with Gasteiger partial charge in [0.2, 0.25) is 5.91 Å². The van der Waals surface area contributed by atoms with E-state index in [0.717, 1.165) is 63.1 Å². The highest BCUT2D eigenvalue weighted by Gasteiger charge is 2.59. The monoisotopic (exact) mass is 420 g/mol. The van der Waals surface area contributed by atoms with Crippen LogP contribution >= 0.6 is 0 Å². The van der Waals surface area contributed by atoms with Gasteiger partial charge in [0.15, 0.2) is 0 Å². The van der Waals surface area contributed by atoms with Crippen molar-refractivity contribution in [3.8, 4) is 0 Å². The van der Waals surface area contributed by atoms with Crippen LogP contribution in [-0.4, -0.2) is 61.6 Å². The topological polar surface area (TPSA) is 67.2 Å². The summed E-state index contributed by atoms with van der Waals surface area (Å²) in [4.78, 5) is 26.6. The van der Waals surface area contributed by atoms with E-state index in [1.807, 2.05) is 24.7 Å². The van der Waals surface area contributed by atoms with Crippen LogP contribution in [-0.2, 0) is 16.9 Å². The number of carbonyl (C=O) groups excluding carboxylic acids is 1. The lowest BCUT2D eigenvalue weighted by atomic mass is 9.46. The molecule has 7 rings (SSSR count). The van der Waals surface area contributed by atoms with Crippen molar-refractivity contribution < 1.29 is 4.79 Å². The van der Waals surface area contributed by atoms with Gasteiger partial charge < -0.3 is 4.90 Å². The number of pyridine rings is 1. The maximum atomic E-state index is 13.4. The molecule has 31 heavy (non-hydrogen) atoms. The molecule has 5 fully saturated rings. The van der Waals surface area contributed by atoms with E-state index in [2.05, 4.69) is 35.6 Å². The molecule has 4 aliphatic carbocycles. The number of carbonyl (C=O) groups is 1. The summed E-state index contributed by atoms with van der Waals surface area (Å²) in [5.74, 6) is 1.86. The van der Waals surface area contributed by atoms with E-state index in [1.54, 1.807) is 6.33 Å². The van der Waals surface area contributed by atoms with E-state index in [0.29, 0.717) is 5.91 Å². The Morgan fingerprint density at radius 2 is 1.87 bits per heavy atom. The van der Waals surface area contributed by atoms with Gasteiger partial charge in [0.05, 0.1) is 11.2 Å². The van der Waals surface area contributed by atoms with Crippen LogP contribution in [0.2, 0.25) is 0 Å². The van der Waals surface area contributed by atoms with Crippen molar-refractivity contribution in [3.05, 3.63) is 42.7 Å². The molecule has 1 amide bonds. The normalized spacial score (nSPS) is 34.9. The minimum absolute atomic E-state index is 0.0994. The van der Waals surface area contributed by atoms with Crippen molar-refractivity contribution in [2.75, 3.05) is 26.2 Å². The highest BCUT2D eigenvalue weighted by atomic mass is 16.2. The summed E-state index contributed by atoms with van der Waals surface area (Å²) in [6.45, 7) is 4.41. The first-order chi connectivity index (χ1) is 15.1. The van der Waals surface area contributed by atoms with Gasteiger partial charge in [-0.2, -0.15) is 5.10 Å². The minimum Gasteiger partial charge on any atom is -0.340 e. The Morgan fingerprint density at radius 3 is 2.55 bits per heavy atom. The smallest absolute Gasteiger partial charge is 0.223 e. The molecule has 0 N–H and O–H groups in total. The highest BCUT2D eigenvalue weighted by molar-refractivity contribution is 5.77. The molecule has 7 heteroatoms. The van der Waals surface area contributed by atoms with Gasteiger partial charge in [-0.05, 0) is 67.9 Å². The van der Waals surface area contributed by atoms with Crippen LogP contribution in [0.4, 0.5) is 0 Å². The molecule has 2 aromatic rings. The fourth-order valence-electron chi connectivity index (χ4n) is 7.64. The molecule has 0 aromatic carbocycles. The Balaban J connectivity index is 1.11. The largest absolute Gasteiger partial charge is 0.340 e. The molecule has 4 saturated carbocycles. The third-order valence-electron chi connectivity index (χ3n) is 8.42. The molecule has 2 aromatic heterocycles. The average Bonchev–Trinajstić information content (AvgIpc) is 3.30. The molecule has 164 valence electrons. The van der Waals surface area contributed by atoms with Crippen molar-refractivity contribution in [3.63, 3.8) is 0 Å². The molecule has 0 unspecified atom stereocenters. The number of hydrogen-bond acceptors (Lipinski definition) is 5. The quantitative estimate of drug-likeness (QED) is 0.744. The molecule has 4 bridgehead atoms. The molecule has 7 nitrogen and oxygen atoms in total. The fourth-order valence-corrected chi connectivity index (χ4v) is 7.64. The second kappa shape index (κ2) is 7.40. The molecule has 0 radical (unpaired) electrons. The zero-order valence-corrected chi connectivity index (χ0v) is 18.2. The summed E-state index contributed by atoms with van der Waals surface area (Å²) in [6.07, 6.45) is 13.5. The van der Waals surface area contributed by atoms with E-state index in [1.165, 1.54) is 32.1 Å². The van der Waals surface area contributed by atoms with Crippen molar-refractivity contribution in [1.82, 2.24) is 29.5 Å². The van der Waals surface area contributed by atoms with Crippen LogP contribution in [0.25, 0.3) is 0 Å². The molecular formula is C24H32N6O. The minimum atomic E-state index is 0.0994. The zero-order valence-electron chi connectivity index (χ0n) is 18.2. The van der Waals surface area contributed by atoms with Gasteiger partial charge in [0.25, 0.3) is 0 Å². The standard InChI is InChI=1S/C24H32N6O/c31-22(29-7-5-28(6-8-29)15-21-3-1-2-4-26-21)14-23-10-19-9-20(11-23)13-24(12-19,16-23)30-18-25-17-27-30/h1-4,17-20H,5-16H2/t19-,20-,23?,24?/m1/s1. The van der Waals surface area contributed by atoms with E-state index in [9.17, 15) is 4.79 Å². The van der Waals surface area contributed by atoms with Crippen molar-refractivity contribution >= 4 is 5.91 Å². The zero-order chi connectivity index (χ0) is 20.9. The number of piperazine rings is 1. The predicted octanol–water partition coefficient (Wildman–Crippen LogP) is 2.70. The van der Waals surface area contributed by atoms with Gasteiger partial charge in [-0.3, -0.25) is 14.7 Å². The van der Waals surface area contributed by atoms with Crippen molar-refractivity contribution in [2.24, 2.45) is 17.3 Å². The molecule has 0 spiro atoms. The SMILES string of the molecule is O=C(CC12C[C@H]3C[C@H](C1)CC(n1cncn1)(C3)C2)N1CCN(Cc2ccccn2)CC1. The summed E-state index contributed by atoms with van der Waals surface area (Å²) in [6, 6.07) is 6.08. The second-order valence-corrected chi connectivity index (χ2v) is 10.7. The Kier molecular flexibility index (Phi) is 4.63. The Bertz CT molecular complexity index is 907. The maximum absolute atomic E-state index is 13.4. The first-order valence-corrected chi connectivity index (χ1v) is 11.9. The van der Waals surface area contributed by atoms with Crippen LogP contribution in [0, 0.1) is 17.3 Å². The molecular weight excluding hydrogens is 388 g/mol. The summed E-state index contributed by atoms with van der Waals surface area (Å²) < 4.78 is 2.14. The van der Waals surface area contributed by atoms with Crippen LogP contribution in [0.5, 0.6) is 0 Å². The third-order valence-corrected chi connectivity index (χ3v) is 8.42. The fraction of sp³-hybridized carbons (Fsp3) is 0.667. The summed E-state index contributed by atoms with van der Waals surface area (Å²) >= 11 is 0. The van der Waals surface area contributed by atoms with Crippen LogP contribution in [0.15, 0.2) is 37.1 Å². The first-order valence-electron chi connectivity index (χ1n) is 11.9. The number of rotatable bonds is 5. The van der Waals surface area contributed by atoms with Crippen molar-refractivity contribution in [2.45, 2.75) is 57.0 Å². The second-order valence-electron chi connectivity index (χ2n) is 10.7. The van der Waals surface area contributed by atoms with Crippen LogP contribution in [0.1, 0.15) is 50.6 Å². The van der Waals surface area contributed by atoms with Crippen molar-refractivity contribution in [1.29, 1.82) is 0 Å². The summed E-state index contributed by atoms with van der Waals surface area (Å²) in [5, 5.41) is 4.55. The van der Waals surface area contributed by atoms with Crippen LogP contribution < -0.4 is 0 Å². The lowest BCUT2D eigenvalue weighted by Gasteiger charge is -2.62. The van der Waals surface area contributed by atoms with Gasteiger partial charge in [-0.15, -0.1) is 0 Å². The molecule has 1 saturated heterocycles. The Morgan fingerprint density at radius 1 is 1.06 bits per heavy atom. The lowest BCUT2D eigenvalue weighted by molar-refractivity contribution is -0.147. The summed E-state index contributed by atoms with van der Waals surface area (Å²) in [5.41, 5.74) is 1.37. The van der Waals surface area contributed by atoms with E-state index >= 15 is 0 Å². The number of aromatic nitrogens is 4. The van der Waals surface area contributed by atoms with Gasteiger partial charge >= 0.3 is 0 Å². The Labute approximate surface area is 183 Å². The molecule has 3 heterocycles. The van der Waals surface area contributed by atoms with Gasteiger partial charge in [-0.25, -0.2) is 9.67 Å². The maximum Gasteiger partial charge on any atom is 0.223 e. The van der Waals surface area contributed by atoms with Gasteiger partial charge in [-0.1, -0.05) is 6.07 Å². The first kappa shape index (κ1) is 19.4. The summed E-state index contributed by atoms with van der Waals surface area (Å²) in [7, 11) is 0. The number of hydrogen-bond donors (Lipinski definition) is 0. The highest BCUT2D eigenvalue weighted by Crippen LogP contribution is 2.65. The van der Waals surface area contributed by atoms with Gasteiger partial charge in [0, 0.05) is 45.3 Å². The van der Waals surface area contributed by atoms with E-state index in [4.69, 9.17) is 0 Å². The number of amides is 1. The molecule has 2 atom stereocenters. The molecule has 5 aliphatic rings. The van der Waals surface area contributed by atoms with E-state index in [-0.39, 0.29) is 11.0 Å². The Hall–Kier alpha value is -2.28. The third kappa shape index (κ3) is 3.56. The average molecular weight is 421 g/mol.